The summed E-state index contributed by atoms with van der Waals surface area (Å²) in [7, 11) is 0. The molecule has 2 N–H and O–H groups in total. The highest BCUT2D eigenvalue weighted by atomic mass is 32.2. The Morgan fingerprint density at radius 1 is 1.00 bits per heavy atom. The van der Waals surface area contributed by atoms with E-state index in [-0.39, 0.29) is 5.75 Å². The van der Waals surface area contributed by atoms with Crippen LogP contribution in [-0.2, 0) is 5.75 Å². The van der Waals surface area contributed by atoms with E-state index in [2.05, 4.69) is 15.6 Å². The largest absolute Gasteiger partial charge is 0.484 e. The van der Waals surface area contributed by atoms with Crippen molar-refractivity contribution in [2.45, 2.75) is 23.7 Å². The van der Waals surface area contributed by atoms with Crippen LogP contribution < -0.4 is 15.4 Å². The average Bonchev–Trinajstić information content (AvgIpc) is 2.74. The summed E-state index contributed by atoms with van der Waals surface area (Å²) in [5, 5.41) is 5.27. The number of thioether (sulfide) groups is 1. The van der Waals surface area contributed by atoms with Crippen LogP contribution in [0.25, 0.3) is 0 Å². The molecule has 0 bridgehead atoms. The monoisotopic (exact) mass is 465 g/mol. The van der Waals surface area contributed by atoms with Gasteiger partial charge in [-0.25, -0.2) is 9.18 Å². The Labute approximate surface area is 186 Å². The molecule has 0 unspecified atom stereocenters. The molecule has 0 saturated heterocycles. The first-order valence-corrected chi connectivity index (χ1v) is 10.4. The molecule has 0 saturated carbocycles. The van der Waals surface area contributed by atoms with Crippen LogP contribution in [0.1, 0.15) is 11.3 Å². The standard InChI is InChI=1S/C22H19F4N3O2S/c1-14-19(27-11-10-20(14)31-13-22(24,25)26)12-32-18-8-6-17(7-9-18)29-21(30)28-16-4-2-15(23)3-5-16/h2-11H,12-13H2,1H3,(H2,28,29,30). The third-order valence-electron chi connectivity index (χ3n) is 4.24. The second kappa shape index (κ2) is 10.4. The van der Waals surface area contributed by atoms with Crippen LogP contribution in [0.5, 0.6) is 5.75 Å². The van der Waals surface area contributed by atoms with Crippen LogP contribution in [0.2, 0.25) is 0 Å². The maximum Gasteiger partial charge on any atom is 0.422 e. The number of carbonyl (C=O) groups excluding carboxylic acids is 1. The zero-order valence-electron chi connectivity index (χ0n) is 16.9. The second-order valence-electron chi connectivity index (χ2n) is 6.68. The number of nitrogens with one attached hydrogen (secondary N) is 2. The Balaban J connectivity index is 1.53. The van der Waals surface area contributed by atoms with Crippen molar-refractivity contribution in [3.8, 4) is 5.75 Å². The van der Waals surface area contributed by atoms with Gasteiger partial charge >= 0.3 is 12.2 Å². The number of anilines is 2. The Morgan fingerprint density at radius 3 is 2.19 bits per heavy atom. The maximum absolute atomic E-state index is 12.9. The lowest BCUT2D eigenvalue weighted by atomic mass is 10.2. The molecule has 3 aromatic rings. The molecule has 168 valence electrons. The molecule has 0 fully saturated rings. The Bertz CT molecular complexity index is 1060. The predicted octanol–water partition coefficient (Wildman–Crippen LogP) is 6.41. The van der Waals surface area contributed by atoms with Crippen molar-refractivity contribution in [2.24, 2.45) is 0 Å². The Kier molecular flexibility index (Phi) is 7.57. The molecular weight excluding hydrogens is 446 g/mol. The van der Waals surface area contributed by atoms with Gasteiger partial charge in [-0.05, 0) is 61.5 Å². The number of hydrogen-bond donors (Lipinski definition) is 2. The molecule has 0 aliphatic carbocycles. The Morgan fingerprint density at radius 2 is 1.59 bits per heavy atom. The topological polar surface area (TPSA) is 63.2 Å². The SMILES string of the molecule is Cc1c(OCC(F)(F)F)ccnc1CSc1ccc(NC(=O)Nc2ccc(F)cc2)cc1. The first-order valence-electron chi connectivity index (χ1n) is 9.40. The zero-order valence-corrected chi connectivity index (χ0v) is 17.7. The van der Waals surface area contributed by atoms with Gasteiger partial charge in [0, 0.05) is 33.8 Å². The van der Waals surface area contributed by atoms with E-state index in [0.29, 0.717) is 28.4 Å². The van der Waals surface area contributed by atoms with Gasteiger partial charge in [0.1, 0.15) is 11.6 Å². The highest BCUT2D eigenvalue weighted by Crippen LogP contribution is 2.28. The van der Waals surface area contributed by atoms with E-state index in [1.807, 2.05) is 0 Å². The zero-order chi connectivity index (χ0) is 23.1. The number of amides is 2. The van der Waals surface area contributed by atoms with Crippen LogP contribution in [-0.4, -0.2) is 23.8 Å². The summed E-state index contributed by atoms with van der Waals surface area (Å²) in [6.45, 7) is 0.314. The molecule has 0 aliphatic rings. The van der Waals surface area contributed by atoms with Crippen molar-refractivity contribution in [1.29, 1.82) is 0 Å². The summed E-state index contributed by atoms with van der Waals surface area (Å²) < 4.78 is 54.9. The van der Waals surface area contributed by atoms with Gasteiger partial charge in [-0.3, -0.25) is 4.98 Å². The van der Waals surface area contributed by atoms with Crippen LogP contribution in [0.4, 0.5) is 33.7 Å². The van der Waals surface area contributed by atoms with Gasteiger partial charge in [0.25, 0.3) is 0 Å². The van der Waals surface area contributed by atoms with Crippen molar-refractivity contribution >= 4 is 29.2 Å². The molecule has 10 heteroatoms. The molecule has 2 aromatic carbocycles. The van der Waals surface area contributed by atoms with Gasteiger partial charge in [0.15, 0.2) is 6.61 Å². The lowest BCUT2D eigenvalue weighted by Gasteiger charge is -2.13. The van der Waals surface area contributed by atoms with Crippen molar-refractivity contribution in [1.82, 2.24) is 4.98 Å². The van der Waals surface area contributed by atoms with Crippen molar-refractivity contribution in [3.63, 3.8) is 0 Å². The highest BCUT2D eigenvalue weighted by molar-refractivity contribution is 7.98. The lowest BCUT2D eigenvalue weighted by molar-refractivity contribution is -0.153. The fourth-order valence-corrected chi connectivity index (χ4v) is 3.56. The molecule has 0 spiro atoms. The fraction of sp³-hybridized carbons (Fsp3) is 0.182. The van der Waals surface area contributed by atoms with Crippen molar-refractivity contribution in [2.75, 3.05) is 17.2 Å². The lowest BCUT2D eigenvalue weighted by Crippen LogP contribution is -2.19. The van der Waals surface area contributed by atoms with Gasteiger partial charge in [-0.2, -0.15) is 13.2 Å². The molecule has 2 amide bonds. The third kappa shape index (κ3) is 7.16. The normalized spacial score (nSPS) is 11.2. The minimum Gasteiger partial charge on any atom is -0.484 e. The summed E-state index contributed by atoms with van der Waals surface area (Å²) in [5.41, 5.74) is 2.20. The number of ether oxygens (including phenoxy) is 1. The van der Waals surface area contributed by atoms with Crippen LogP contribution >= 0.6 is 11.8 Å². The highest BCUT2D eigenvalue weighted by Gasteiger charge is 2.28. The van der Waals surface area contributed by atoms with E-state index in [1.54, 1.807) is 31.2 Å². The van der Waals surface area contributed by atoms with E-state index < -0.39 is 24.6 Å². The van der Waals surface area contributed by atoms with Crippen molar-refractivity contribution in [3.05, 3.63) is 77.9 Å². The number of nitrogens with zero attached hydrogens (tertiary/aromatic N) is 1. The van der Waals surface area contributed by atoms with Crippen LogP contribution in [0, 0.1) is 12.7 Å². The molecule has 32 heavy (non-hydrogen) atoms. The van der Waals surface area contributed by atoms with E-state index >= 15 is 0 Å². The van der Waals surface area contributed by atoms with Gasteiger partial charge in [-0.15, -0.1) is 11.8 Å². The van der Waals surface area contributed by atoms with E-state index in [1.165, 1.54) is 48.3 Å². The first kappa shape index (κ1) is 23.4. The van der Waals surface area contributed by atoms with E-state index in [9.17, 15) is 22.4 Å². The number of hydrogen-bond acceptors (Lipinski definition) is 4. The number of pyridine rings is 1. The van der Waals surface area contributed by atoms with Crippen molar-refractivity contribution < 1.29 is 27.1 Å². The smallest absolute Gasteiger partial charge is 0.422 e. The molecule has 5 nitrogen and oxygen atoms in total. The fourth-order valence-electron chi connectivity index (χ4n) is 2.63. The maximum atomic E-state index is 12.9. The minimum atomic E-state index is -4.41. The van der Waals surface area contributed by atoms with Gasteiger partial charge < -0.3 is 15.4 Å². The predicted molar refractivity (Wildman–Crippen MR) is 116 cm³/mol. The molecule has 0 atom stereocenters. The number of rotatable bonds is 7. The van der Waals surface area contributed by atoms with Gasteiger partial charge in [-0.1, -0.05) is 0 Å². The molecule has 0 radical (unpaired) electrons. The van der Waals surface area contributed by atoms with Crippen LogP contribution in [0.15, 0.2) is 65.7 Å². The van der Waals surface area contributed by atoms with Crippen LogP contribution in [0.3, 0.4) is 0 Å². The summed E-state index contributed by atoms with van der Waals surface area (Å²) in [5.74, 6) is 0.196. The van der Waals surface area contributed by atoms with Gasteiger partial charge in [0.2, 0.25) is 0 Å². The summed E-state index contributed by atoms with van der Waals surface area (Å²) in [6.07, 6.45) is -2.99. The third-order valence-corrected chi connectivity index (χ3v) is 5.26. The average molecular weight is 465 g/mol. The minimum absolute atomic E-state index is 0.152. The number of urea groups is 1. The molecule has 0 aliphatic heterocycles. The molecule has 3 rings (SSSR count). The number of benzene rings is 2. The van der Waals surface area contributed by atoms with E-state index in [4.69, 9.17) is 4.74 Å². The number of alkyl halides is 3. The molecular formula is C22H19F4N3O2S. The summed E-state index contributed by atoms with van der Waals surface area (Å²) >= 11 is 1.45. The molecule has 1 heterocycles. The summed E-state index contributed by atoms with van der Waals surface area (Å²) in [4.78, 5) is 17.2. The molecule has 1 aromatic heterocycles. The number of halogens is 4. The van der Waals surface area contributed by atoms with Gasteiger partial charge in [0.05, 0.1) is 5.69 Å². The first-order chi connectivity index (χ1) is 15.2. The second-order valence-corrected chi connectivity index (χ2v) is 7.73. The quantitative estimate of drug-likeness (QED) is 0.313. The van der Waals surface area contributed by atoms with E-state index in [0.717, 1.165) is 4.90 Å². The number of aromatic nitrogens is 1. The Hall–Kier alpha value is -3.27. The number of carbonyl (C=O) groups is 1. The summed E-state index contributed by atoms with van der Waals surface area (Å²) in [6, 6.07) is 13.4.